The van der Waals surface area contributed by atoms with Crippen molar-refractivity contribution in [2.45, 2.75) is 96.9 Å². The molecular weight excluding hydrogens is 292 g/mol. The molecular formula is C17H38O2Si2. The summed E-state index contributed by atoms with van der Waals surface area (Å²) < 4.78 is 13.9. The molecule has 1 heterocycles. The molecule has 0 saturated carbocycles. The lowest BCUT2D eigenvalue weighted by atomic mass is 10.1. The quantitative estimate of drug-likeness (QED) is 0.581. The van der Waals surface area contributed by atoms with Crippen LogP contribution in [0.2, 0.25) is 27.7 Å². The van der Waals surface area contributed by atoms with Crippen LogP contribution in [-0.4, -0.2) is 23.5 Å². The van der Waals surface area contributed by atoms with E-state index in [1.165, 1.54) is 0 Å². The highest BCUT2D eigenvalue weighted by Gasteiger charge is 2.59. The van der Waals surface area contributed by atoms with Gasteiger partial charge < -0.3 is 8.54 Å². The van der Waals surface area contributed by atoms with Crippen molar-refractivity contribution in [2.24, 2.45) is 5.92 Å². The van der Waals surface area contributed by atoms with Gasteiger partial charge in [-0.3, -0.25) is 0 Å². The fourth-order valence-corrected chi connectivity index (χ4v) is 18.3. The molecule has 2 unspecified atom stereocenters. The maximum atomic E-state index is 7.27. The van der Waals surface area contributed by atoms with Crippen molar-refractivity contribution in [1.29, 1.82) is 0 Å². The summed E-state index contributed by atoms with van der Waals surface area (Å²) in [5.74, 6) is 0.605. The van der Waals surface area contributed by atoms with Crippen molar-refractivity contribution in [3.8, 4) is 0 Å². The Balaban J connectivity index is 3.44. The predicted octanol–water partition coefficient (Wildman–Crippen LogP) is 6.09. The van der Waals surface area contributed by atoms with Gasteiger partial charge >= 0.3 is 8.56 Å². The summed E-state index contributed by atoms with van der Waals surface area (Å²) in [6.07, 6.45) is 0. The van der Waals surface area contributed by atoms with Crippen LogP contribution in [0.4, 0.5) is 0 Å². The molecule has 1 aliphatic heterocycles. The van der Waals surface area contributed by atoms with Gasteiger partial charge in [0.05, 0.1) is 0 Å². The molecule has 1 aliphatic rings. The van der Waals surface area contributed by atoms with E-state index in [1.54, 1.807) is 0 Å². The van der Waals surface area contributed by atoms with Crippen LogP contribution in [0, 0.1) is 5.92 Å². The van der Waals surface area contributed by atoms with Crippen LogP contribution in [0.15, 0.2) is 0 Å². The SMILES string of the molecule is CC1CO[Si](C(C)C)(C(C)C)O[Si](C(C)C)(C(C)C)C1C. The largest absolute Gasteiger partial charge is 0.434 e. The predicted molar refractivity (Wildman–Crippen MR) is 97.5 cm³/mol. The second-order valence-electron chi connectivity index (χ2n) is 8.37. The van der Waals surface area contributed by atoms with Gasteiger partial charge in [-0.15, -0.1) is 0 Å². The molecule has 2 atom stereocenters. The third kappa shape index (κ3) is 3.19. The fourth-order valence-electron chi connectivity index (χ4n) is 4.44. The molecule has 0 aliphatic carbocycles. The molecule has 0 bridgehead atoms. The Morgan fingerprint density at radius 2 is 1.19 bits per heavy atom. The molecule has 0 N–H and O–H groups in total. The van der Waals surface area contributed by atoms with Crippen molar-refractivity contribution >= 4 is 16.9 Å². The molecule has 0 spiro atoms. The average Bonchev–Trinajstić information content (AvgIpc) is 2.47. The second-order valence-corrected chi connectivity index (χ2v) is 18.2. The molecule has 0 aromatic rings. The first-order chi connectivity index (χ1) is 9.52. The van der Waals surface area contributed by atoms with E-state index in [-0.39, 0.29) is 0 Å². The molecule has 4 heteroatoms. The Labute approximate surface area is 135 Å². The van der Waals surface area contributed by atoms with Gasteiger partial charge in [0.2, 0.25) is 0 Å². The Bertz CT molecular complexity index is 324. The van der Waals surface area contributed by atoms with Crippen LogP contribution in [-0.2, 0) is 8.54 Å². The maximum Gasteiger partial charge on any atom is 0.333 e. The summed E-state index contributed by atoms with van der Waals surface area (Å²) in [7, 11) is -4.05. The molecule has 21 heavy (non-hydrogen) atoms. The lowest BCUT2D eigenvalue weighted by molar-refractivity contribution is 0.202. The van der Waals surface area contributed by atoms with E-state index in [0.29, 0.717) is 33.6 Å². The number of rotatable bonds is 4. The lowest BCUT2D eigenvalue weighted by Gasteiger charge is -2.49. The van der Waals surface area contributed by atoms with Crippen LogP contribution in [0.1, 0.15) is 69.2 Å². The monoisotopic (exact) mass is 330 g/mol. The normalized spacial score (nSPS) is 29.4. The number of hydrogen-bond acceptors (Lipinski definition) is 2. The smallest absolute Gasteiger partial charge is 0.333 e. The van der Waals surface area contributed by atoms with Crippen LogP contribution in [0.5, 0.6) is 0 Å². The highest BCUT2D eigenvalue weighted by molar-refractivity contribution is 6.88. The molecule has 2 nitrogen and oxygen atoms in total. The minimum atomic E-state index is -2.17. The minimum Gasteiger partial charge on any atom is -0.434 e. The Morgan fingerprint density at radius 1 is 0.762 bits per heavy atom. The summed E-state index contributed by atoms with van der Waals surface area (Å²) in [5.41, 5.74) is 2.96. The Hall–Kier alpha value is 0.354. The highest BCUT2D eigenvalue weighted by atomic mass is 28.4. The van der Waals surface area contributed by atoms with Crippen molar-refractivity contribution in [3.05, 3.63) is 0 Å². The minimum absolute atomic E-state index is 0.513. The molecule has 0 amide bonds. The van der Waals surface area contributed by atoms with Crippen molar-refractivity contribution < 1.29 is 8.54 Å². The van der Waals surface area contributed by atoms with Crippen LogP contribution in [0.3, 0.4) is 0 Å². The number of hydrogen-bond donors (Lipinski definition) is 0. The van der Waals surface area contributed by atoms with E-state index in [4.69, 9.17) is 8.54 Å². The summed E-state index contributed by atoms with van der Waals surface area (Å²) >= 11 is 0. The van der Waals surface area contributed by atoms with E-state index in [2.05, 4.69) is 69.2 Å². The van der Waals surface area contributed by atoms with E-state index in [0.717, 1.165) is 6.61 Å². The van der Waals surface area contributed by atoms with E-state index < -0.39 is 16.9 Å². The molecule has 1 rings (SSSR count). The topological polar surface area (TPSA) is 18.5 Å². The Kier molecular flexibility index (Phi) is 6.33. The average molecular weight is 331 g/mol. The van der Waals surface area contributed by atoms with Gasteiger partial charge in [0.15, 0.2) is 8.32 Å². The lowest BCUT2D eigenvalue weighted by Crippen LogP contribution is -2.59. The van der Waals surface area contributed by atoms with Gasteiger partial charge in [0.25, 0.3) is 0 Å². The van der Waals surface area contributed by atoms with Gasteiger partial charge in [0.1, 0.15) is 0 Å². The molecule has 0 aromatic heterocycles. The first-order valence-corrected chi connectivity index (χ1v) is 13.0. The molecule has 126 valence electrons. The highest BCUT2D eigenvalue weighted by Crippen LogP contribution is 2.52. The molecule has 0 aromatic carbocycles. The van der Waals surface area contributed by atoms with E-state index in [9.17, 15) is 0 Å². The zero-order valence-corrected chi connectivity index (χ0v) is 18.0. The van der Waals surface area contributed by atoms with E-state index >= 15 is 0 Å². The summed E-state index contributed by atoms with van der Waals surface area (Å²) in [5, 5.41) is 0. The van der Waals surface area contributed by atoms with Gasteiger partial charge in [-0.25, -0.2) is 0 Å². The van der Waals surface area contributed by atoms with E-state index in [1.807, 2.05) is 0 Å². The van der Waals surface area contributed by atoms with Gasteiger partial charge in [-0.2, -0.15) is 0 Å². The van der Waals surface area contributed by atoms with Crippen molar-refractivity contribution in [3.63, 3.8) is 0 Å². The first kappa shape index (κ1) is 19.4. The molecule has 0 radical (unpaired) electrons. The standard InChI is InChI=1S/C17H38O2Si2/c1-12(2)20(13(3)4)17(10)16(9)11-18-21(19-20,14(5)6)15(7)8/h12-17H,11H2,1-10H3. The third-order valence-corrected chi connectivity index (χ3v) is 18.0. The van der Waals surface area contributed by atoms with Crippen LogP contribution in [0.25, 0.3) is 0 Å². The van der Waals surface area contributed by atoms with Gasteiger partial charge in [-0.1, -0.05) is 69.2 Å². The van der Waals surface area contributed by atoms with Crippen molar-refractivity contribution in [1.82, 2.24) is 0 Å². The van der Waals surface area contributed by atoms with Crippen LogP contribution < -0.4 is 0 Å². The maximum absolute atomic E-state index is 7.27. The fraction of sp³-hybridized carbons (Fsp3) is 1.00. The Morgan fingerprint density at radius 3 is 1.52 bits per heavy atom. The summed E-state index contributed by atoms with van der Waals surface area (Å²) in [4.78, 5) is 0. The van der Waals surface area contributed by atoms with Gasteiger partial charge in [0, 0.05) is 6.61 Å². The zero-order chi connectivity index (χ0) is 16.6. The van der Waals surface area contributed by atoms with Crippen LogP contribution >= 0.6 is 0 Å². The zero-order valence-electron chi connectivity index (χ0n) is 16.0. The molecule has 1 fully saturated rings. The van der Waals surface area contributed by atoms with Crippen molar-refractivity contribution in [2.75, 3.05) is 6.61 Å². The second kappa shape index (κ2) is 6.85. The summed E-state index contributed by atoms with van der Waals surface area (Å²) in [6.45, 7) is 24.5. The first-order valence-electron chi connectivity index (χ1n) is 8.86. The summed E-state index contributed by atoms with van der Waals surface area (Å²) in [6, 6.07) is 0. The third-order valence-electron chi connectivity index (χ3n) is 5.89. The molecule has 1 saturated heterocycles. The van der Waals surface area contributed by atoms with Gasteiger partial charge in [-0.05, 0) is 33.6 Å².